The summed E-state index contributed by atoms with van der Waals surface area (Å²) in [7, 11) is 0. The van der Waals surface area contributed by atoms with Crippen LogP contribution in [0, 0.1) is 0 Å². The van der Waals surface area contributed by atoms with Crippen LogP contribution >= 0.6 is 0 Å². The topological polar surface area (TPSA) is 31.5 Å². The first-order valence-electron chi connectivity index (χ1n) is 5.83. The third kappa shape index (κ3) is 276. The van der Waals surface area contributed by atoms with Crippen LogP contribution in [-0.2, 0) is 0 Å². The number of hydrogen-bond donors (Lipinski definition) is 0. The van der Waals surface area contributed by atoms with Gasteiger partial charge in [0.1, 0.15) is 0 Å². The Hall–Kier alpha value is 2.14. The van der Waals surface area contributed by atoms with Gasteiger partial charge >= 0.3 is 0 Å². The minimum atomic E-state index is 0. The third-order valence-corrected chi connectivity index (χ3v) is 1.000. The standard InChI is InChI=1S/2C4H10.2C2H6.2ClH.H2O.2Sn/c2*1-3-4-2;2*1-2;;;;;/h2*3-4H2,1-2H3;2*1-2H3;2*1H;1H2;;/p-2. The van der Waals surface area contributed by atoms with E-state index in [1.165, 1.54) is 25.7 Å². The molecule has 8 radical (unpaired) electrons. The summed E-state index contributed by atoms with van der Waals surface area (Å²) < 4.78 is 0. The van der Waals surface area contributed by atoms with Crippen molar-refractivity contribution in [1.29, 1.82) is 0 Å². The molecule has 17 heavy (non-hydrogen) atoms. The second-order valence-corrected chi connectivity index (χ2v) is 2.00. The molecule has 5 heteroatoms. The predicted octanol–water partition coefficient (Wildman–Crippen LogP) is -1.91. The SMILES string of the molecule is CC.CC.CCCC.CCCC.O.[Cl-].[Cl-].[Sn].[Sn]. The monoisotopic (exact) mass is 504 g/mol. The zero-order chi connectivity index (χ0) is 10.8. The molecular formula is C12H34Cl2OSn2-2. The molecule has 0 aliphatic heterocycles. The van der Waals surface area contributed by atoms with Crippen molar-refractivity contribution in [1.82, 2.24) is 0 Å². The summed E-state index contributed by atoms with van der Waals surface area (Å²) in [4.78, 5) is 0. The number of unbranched alkanes of at least 4 members (excludes halogenated alkanes) is 2. The van der Waals surface area contributed by atoms with Crippen LogP contribution in [0.25, 0.3) is 0 Å². The fraction of sp³-hybridized carbons (Fsp3) is 1.00. The Kier molecular flexibility index (Phi) is 510. The summed E-state index contributed by atoms with van der Waals surface area (Å²) in [6, 6.07) is 0. The molecule has 0 bridgehead atoms. The quantitative estimate of drug-likeness (QED) is 0.395. The molecule has 0 aromatic rings. The van der Waals surface area contributed by atoms with Gasteiger partial charge in [0, 0.05) is 47.8 Å². The Labute approximate surface area is 158 Å². The van der Waals surface area contributed by atoms with Gasteiger partial charge in [0.2, 0.25) is 0 Å². The Balaban J connectivity index is -0.00000000680. The summed E-state index contributed by atoms with van der Waals surface area (Å²) in [5.41, 5.74) is 0. The molecule has 0 rings (SSSR count). The van der Waals surface area contributed by atoms with Gasteiger partial charge in [-0.05, 0) is 0 Å². The maximum absolute atomic E-state index is 2.18. The fourth-order valence-electron chi connectivity index (χ4n) is 0. The minimum Gasteiger partial charge on any atom is -1.00 e. The first-order chi connectivity index (χ1) is 5.83. The van der Waals surface area contributed by atoms with E-state index >= 15 is 0 Å². The van der Waals surface area contributed by atoms with E-state index in [1.54, 1.807) is 0 Å². The van der Waals surface area contributed by atoms with Crippen LogP contribution in [-0.4, -0.2) is 53.3 Å². The van der Waals surface area contributed by atoms with E-state index in [2.05, 4.69) is 27.7 Å². The van der Waals surface area contributed by atoms with E-state index in [1.807, 2.05) is 27.7 Å². The molecule has 0 saturated heterocycles. The van der Waals surface area contributed by atoms with Crippen LogP contribution in [0.5, 0.6) is 0 Å². The molecule has 0 fully saturated rings. The van der Waals surface area contributed by atoms with Gasteiger partial charge in [0.25, 0.3) is 0 Å². The van der Waals surface area contributed by atoms with Crippen LogP contribution in [0.15, 0.2) is 0 Å². The molecule has 0 spiro atoms. The summed E-state index contributed by atoms with van der Waals surface area (Å²) in [6.07, 6.45) is 5.28. The molecule has 112 valence electrons. The normalized spacial score (nSPS) is 4.24. The van der Waals surface area contributed by atoms with Crippen LogP contribution in [0.1, 0.15) is 81.1 Å². The first-order valence-corrected chi connectivity index (χ1v) is 5.83. The van der Waals surface area contributed by atoms with Gasteiger partial charge in [0.05, 0.1) is 0 Å². The zero-order valence-corrected chi connectivity index (χ0v) is 20.3. The largest absolute Gasteiger partial charge is 1.00 e. The van der Waals surface area contributed by atoms with Crippen molar-refractivity contribution in [2.75, 3.05) is 0 Å². The average Bonchev–Trinajstić information content (AvgIpc) is 2.23. The zero-order valence-electron chi connectivity index (χ0n) is 13.1. The third-order valence-electron chi connectivity index (χ3n) is 1.000. The van der Waals surface area contributed by atoms with Gasteiger partial charge in [-0.1, -0.05) is 81.1 Å². The van der Waals surface area contributed by atoms with Crippen molar-refractivity contribution < 1.29 is 30.3 Å². The Morgan fingerprint density at radius 3 is 0.529 bits per heavy atom. The van der Waals surface area contributed by atoms with E-state index < -0.39 is 0 Å². The van der Waals surface area contributed by atoms with Gasteiger partial charge in [-0.25, -0.2) is 0 Å². The molecule has 0 amide bonds. The second-order valence-electron chi connectivity index (χ2n) is 2.00. The van der Waals surface area contributed by atoms with Crippen LogP contribution < -0.4 is 24.8 Å². The van der Waals surface area contributed by atoms with Gasteiger partial charge in [-0.15, -0.1) is 0 Å². The van der Waals surface area contributed by atoms with E-state index in [0.717, 1.165) is 0 Å². The van der Waals surface area contributed by atoms with Gasteiger partial charge < -0.3 is 30.3 Å². The maximum Gasteiger partial charge on any atom is 0 e. The Bertz CT molecular complexity index is 30.5. The molecule has 0 aromatic carbocycles. The molecule has 0 unspecified atom stereocenters. The second kappa shape index (κ2) is 141. The molecule has 0 atom stereocenters. The van der Waals surface area contributed by atoms with E-state index in [-0.39, 0.29) is 78.1 Å². The van der Waals surface area contributed by atoms with Gasteiger partial charge in [-0.2, -0.15) is 0 Å². The average molecular weight is 503 g/mol. The summed E-state index contributed by atoms with van der Waals surface area (Å²) >= 11 is 0. The van der Waals surface area contributed by atoms with E-state index in [0.29, 0.717) is 0 Å². The van der Waals surface area contributed by atoms with Crippen molar-refractivity contribution in [2.24, 2.45) is 0 Å². The number of hydrogen-bond acceptors (Lipinski definition) is 0. The molecule has 0 aromatic heterocycles. The van der Waals surface area contributed by atoms with Crippen molar-refractivity contribution in [3.63, 3.8) is 0 Å². The Morgan fingerprint density at radius 1 is 0.471 bits per heavy atom. The van der Waals surface area contributed by atoms with Crippen molar-refractivity contribution in [3.05, 3.63) is 0 Å². The molecule has 0 heterocycles. The summed E-state index contributed by atoms with van der Waals surface area (Å²) in [6.45, 7) is 16.7. The van der Waals surface area contributed by atoms with Crippen molar-refractivity contribution >= 4 is 47.8 Å². The molecule has 0 aliphatic carbocycles. The van der Waals surface area contributed by atoms with Gasteiger partial charge in [0.15, 0.2) is 0 Å². The van der Waals surface area contributed by atoms with Crippen LogP contribution in [0.4, 0.5) is 0 Å². The first kappa shape index (κ1) is 61.3. The van der Waals surface area contributed by atoms with Crippen molar-refractivity contribution in [2.45, 2.75) is 81.1 Å². The predicted molar refractivity (Wildman–Crippen MR) is 79.0 cm³/mol. The van der Waals surface area contributed by atoms with Crippen molar-refractivity contribution in [3.8, 4) is 0 Å². The number of rotatable bonds is 2. The van der Waals surface area contributed by atoms with Crippen LogP contribution in [0.2, 0.25) is 0 Å². The summed E-state index contributed by atoms with van der Waals surface area (Å²) in [5, 5.41) is 0. The van der Waals surface area contributed by atoms with Crippen LogP contribution in [0.3, 0.4) is 0 Å². The van der Waals surface area contributed by atoms with Gasteiger partial charge in [-0.3, -0.25) is 0 Å². The minimum absolute atomic E-state index is 0. The Morgan fingerprint density at radius 2 is 0.529 bits per heavy atom. The molecule has 0 saturated carbocycles. The maximum atomic E-state index is 2.18. The van der Waals surface area contributed by atoms with E-state index in [4.69, 9.17) is 0 Å². The summed E-state index contributed by atoms with van der Waals surface area (Å²) in [5.74, 6) is 0. The molecule has 2 N–H and O–H groups in total. The molecule has 1 nitrogen and oxygen atoms in total. The molecule has 0 aliphatic rings. The number of halogens is 2. The molecular weight excluding hydrogens is 468 g/mol. The van der Waals surface area contributed by atoms with E-state index in [9.17, 15) is 0 Å². The fourth-order valence-corrected chi connectivity index (χ4v) is 0. The smallest absolute Gasteiger partial charge is 0 e.